The van der Waals surface area contributed by atoms with Crippen molar-refractivity contribution in [3.05, 3.63) is 119 Å². The molecule has 3 aromatic carbocycles. The van der Waals surface area contributed by atoms with Gasteiger partial charge in [-0.15, -0.1) is 11.3 Å². The predicted octanol–water partition coefficient (Wildman–Crippen LogP) is 8.08. The average Bonchev–Trinajstić information content (AvgIpc) is 3.53. The van der Waals surface area contributed by atoms with E-state index in [0.29, 0.717) is 17.0 Å². The van der Waals surface area contributed by atoms with Gasteiger partial charge in [0, 0.05) is 11.5 Å². The summed E-state index contributed by atoms with van der Waals surface area (Å²) in [6, 6.07) is 28.6. The lowest BCUT2D eigenvalue weighted by Gasteiger charge is -2.37. The van der Waals surface area contributed by atoms with E-state index < -0.39 is 40.4 Å². The van der Waals surface area contributed by atoms with Gasteiger partial charge in [0.05, 0.1) is 0 Å². The maximum atomic E-state index is 12.8. The van der Waals surface area contributed by atoms with E-state index in [-0.39, 0.29) is 0 Å². The summed E-state index contributed by atoms with van der Waals surface area (Å²) >= 11 is 7.53. The lowest BCUT2D eigenvalue weighted by molar-refractivity contribution is -0.148. The maximum absolute atomic E-state index is 12.8. The minimum atomic E-state index is -1.96. The van der Waals surface area contributed by atoms with Gasteiger partial charge in [0.1, 0.15) is 16.8 Å². The van der Waals surface area contributed by atoms with Crippen molar-refractivity contribution in [2.45, 2.75) is 58.3 Å². The average molecular weight is 692 g/mol. The molecule has 0 radical (unpaired) electrons. The number of anilines is 1. The minimum Gasteiger partial charge on any atom is -0.476 e. The van der Waals surface area contributed by atoms with Crippen molar-refractivity contribution in [1.82, 2.24) is 4.98 Å². The number of rotatable bonds is 14. The van der Waals surface area contributed by atoms with E-state index in [9.17, 15) is 14.7 Å². The Morgan fingerprint density at radius 2 is 1.34 bits per heavy atom. The molecule has 0 fully saturated rings. The van der Waals surface area contributed by atoms with Crippen LogP contribution in [0.5, 0.6) is 0 Å². The number of oxime groups is 1. The zero-order chi connectivity index (χ0) is 34.3. The molecule has 2 N–H and O–H groups in total. The van der Waals surface area contributed by atoms with E-state index in [2.05, 4.69) is 60.7 Å². The second-order valence-electron chi connectivity index (χ2n) is 12.4. The SMILES string of the molecule is CCP(=S)(CC)CC(C)(ON=C(C(=O)O)C(=O)OC(C)(C)C)c1csc(NC(c2ccccc2)(c2ccccc2)c2ccccc2)n1. The van der Waals surface area contributed by atoms with Crippen molar-refractivity contribution in [2.75, 3.05) is 23.8 Å². The highest BCUT2D eigenvalue weighted by atomic mass is 32.4. The number of carboxylic acid groups (broad SMARTS) is 1. The van der Waals surface area contributed by atoms with E-state index in [1.165, 1.54) is 11.3 Å². The second-order valence-corrected chi connectivity index (χ2v) is 19.3. The molecular weight excluding hydrogens is 650 g/mol. The van der Waals surface area contributed by atoms with Gasteiger partial charge in [-0.05, 0) is 62.7 Å². The largest absolute Gasteiger partial charge is 0.476 e. The molecule has 0 bridgehead atoms. The van der Waals surface area contributed by atoms with Crippen LogP contribution >= 0.6 is 17.4 Å². The summed E-state index contributed by atoms with van der Waals surface area (Å²) in [7, 11) is 0. The molecule has 8 nitrogen and oxygen atoms in total. The second kappa shape index (κ2) is 14.9. The summed E-state index contributed by atoms with van der Waals surface area (Å²) in [5.41, 5.74) is -0.200. The van der Waals surface area contributed by atoms with Crippen LogP contribution in [-0.2, 0) is 42.1 Å². The van der Waals surface area contributed by atoms with Crippen LogP contribution in [0.15, 0.2) is 102 Å². The molecule has 0 amide bonds. The van der Waals surface area contributed by atoms with Crippen LogP contribution in [0.4, 0.5) is 5.13 Å². The summed E-state index contributed by atoms with van der Waals surface area (Å²) in [4.78, 5) is 36.0. The standard InChI is InChI=1S/C36H42N3O5PS2/c1-7-45(46,8-2)25-35(6,44-39-30(31(40)41)32(42)43-34(3,4)5)29-24-47-33(37-29)38-36(26-18-12-9-13-19-26,27-20-14-10-15-21-27)28-22-16-11-17-23-28/h9-24H,7-8,25H2,1-6H3,(H,37,38)(H,40,41). The molecule has 1 heterocycles. The number of aliphatic carboxylic acids is 1. The first-order valence-corrected chi connectivity index (χ1v) is 19.7. The molecule has 0 saturated heterocycles. The van der Waals surface area contributed by atoms with Gasteiger partial charge >= 0.3 is 11.9 Å². The van der Waals surface area contributed by atoms with Crippen molar-refractivity contribution in [2.24, 2.45) is 5.16 Å². The first-order chi connectivity index (χ1) is 22.2. The summed E-state index contributed by atoms with van der Waals surface area (Å²) in [6.07, 6.45) is 1.94. The highest BCUT2D eigenvalue weighted by Crippen LogP contribution is 2.51. The van der Waals surface area contributed by atoms with Crippen molar-refractivity contribution >= 4 is 52.0 Å². The summed E-state index contributed by atoms with van der Waals surface area (Å²) in [6.45, 7) is 10.9. The van der Waals surface area contributed by atoms with Gasteiger partial charge in [-0.1, -0.05) is 122 Å². The van der Waals surface area contributed by atoms with E-state index in [1.807, 2.05) is 60.0 Å². The van der Waals surface area contributed by atoms with E-state index in [1.54, 1.807) is 27.7 Å². The van der Waals surface area contributed by atoms with Crippen LogP contribution in [0.2, 0.25) is 0 Å². The number of carboxylic acids is 1. The number of aromatic nitrogens is 1. The first kappa shape index (κ1) is 36.0. The molecule has 0 aliphatic rings. The number of thiazole rings is 1. The van der Waals surface area contributed by atoms with Crippen LogP contribution < -0.4 is 5.32 Å². The fourth-order valence-electron chi connectivity index (χ4n) is 5.31. The van der Waals surface area contributed by atoms with Gasteiger partial charge in [-0.3, -0.25) is 0 Å². The van der Waals surface area contributed by atoms with Crippen molar-refractivity contribution in [1.29, 1.82) is 0 Å². The number of nitrogens with one attached hydrogen (secondary N) is 1. The van der Waals surface area contributed by atoms with Crippen LogP contribution in [0.1, 0.15) is 63.9 Å². The van der Waals surface area contributed by atoms with E-state index >= 15 is 0 Å². The van der Waals surface area contributed by atoms with Crippen molar-refractivity contribution < 1.29 is 24.3 Å². The molecule has 1 aromatic heterocycles. The molecule has 11 heteroatoms. The Labute approximate surface area is 286 Å². The Bertz CT molecular complexity index is 1640. The molecule has 0 aliphatic carbocycles. The molecule has 248 valence electrons. The van der Waals surface area contributed by atoms with Crippen LogP contribution in [-0.4, -0.2) is 51.8 Å². The summed E-state index contributed by atoms with van der Waals surface area (Å²) in [5.74, 6) is -2.64. The van der Waals surface area contributed by atoms with Crippen molar-refractivity contribution in [3.63, 3.8) is 0 Å². The number of ether oxygens (including phenoxy) is 1. The van der Waals surface area contributed by atoms with Gasteiger partial charge in [0.25, 0.3) is 5.71 Å². The van der Waals surface area contributed by atoms with Gasteiger partial charge in [-0.2, -0.15) is 0 Å². The topological polar surface area (TPSA) is 110 Å². The number of carbonyl (C=O) groups excluding carboxylic acids is 1. The molecule has 47 heavy (non-hydrogen) atoms. The Morgan fingerprint density at radius 3 is 1.74 bits per heavy atom. The molecular formula is C36H42N3O5PS2. The molecule has 0 saturated carbocycles. The smallest absolute Gasteiger partial charge is 0.368 e. The molecule has 0 aliphatic heterocycles. The molecule has 1 atom stereocenters. The van der Waals surface area contributed by atoms with Crippen molar-refractivity contribution in [3.8, 4) is 0 Å². The zero-order valence-corrected chi connectivity index (χ0v) is 30.1. The summed E-state index contributed by atoms with van der Waals surface area (Å²) in [5, 5.41) is 20.0. The van der Waals surface area contributed by atoms with E-state index in [0.717, 1.165) is 29.0 Å². The van der Waals surface area contributed by atoms with Crippen LogP contribution in [0.3, 0.4) is 0 Å². The van der Waals surface area contributed by atoms with Crippen LogP contribution in [0.25, 0.3) is 0 Å². The fraction of sp³-hybridized carbons (Fsp3) is 0.333. The number of hydrogen-bond acceptors (Lipinski definition) is 9. The third kappa shape index (κ3) is 8.55. The summed E-state index contributed by atoms with van der Waals surface area (Å²) < 4.78 is 5.29. The van der Waals surface area contributed by atoms with Gasteiger partial charge < -0.3 is 20.0 Å². The third-order valence-corrected chi connectivity index (χ3v) is 14.0. The van der Waals surface area contributed by atoms with Gasteiger partial charge in [0.2, 0.25) is 0 Å². The molecule has 1 unspecified atom stereocenters. The lowest BCUT2D eigenvalue weighted by Crippen LogP contribution is -2.38. The van der Waals surface area contributed by atoms with Crippen LogP contribution in [0, 0.1) is 0 Å². The number of nitrogens with zero attached hydrogens (tertiary/aromatic N) is 2. The monoisotopic (exact) mass is 691 g/mol. The minimum absolute atomic E-state index is 0.400. The number of esters is 1. The number of benzene rings is 3. The van der Waals surface area contributed by atoms with Gasteiger partial charge in [0.15, 0.2) is 10.7 Å². The Balaban J connectivity index is 1.84. The first-order valence-electron chi connectivity index (χ1n) is 15.5. The third-order valence-electron chi connectivity index (χ3n) is 7.84. The number of hydrogen-bond donors (Lipinski definition) is 2. The normalized spacial score (nSPS) is 13.8. The Morgan fingerprint density at radius 1 is 0.872 bits per heavy atom. The molecule has 0 spiro atoms. The fourth-order valence-corrected chi connectivity index (χ4v) is 9.15. The number of carbonyl (C=O) groups is 2. The maximum Gasteiger partial charge on any atom is 0.368 e. The highest BCUT2D eigenvalue weighted by molar-refractivity contribution is 8.14. The highest BCUT2D eigenvalue weighted by Gasteiger charge is 2.41. The van der Waals surface area contributed by atoms with Gasteiger partial charge in [-0.25, -0.2) is 14.6 Å². The quantitative estimate of drug-likeness (QED) is 0.0341. The van der Waals surface area contributed by atoms with E-state index in [4.69, 9.17) is 26.4 Å². The lowest BCUT2D eigenvalue weighted by atomic mass is 9.77. The zero-order valence-electron chi connectivity index (χ0n) is 27.6. The Kier molecular flexibility index (Phi) is 11.4. The molecule has 4 rings (SSSR count). The predicted molar refractivity (Wildman–Crippen MR) is 195 cm³/mol. The molecule has 4 aromatic rings. The Hall–Kier alpha value is -3.85.